The SMILES string of the molecule is COc1ccc(-c2[nH]c(C)c(C(=O)Nc3cccc(C(F)(F)C4(C)CC4)c3)[n+]2O)cc1-c1c(C)cccc1C. The van der Waals surface area contributed by atoms with Crippen LogP contribution >= 0.6 is 0 Å². The molecule has 202 valence electrons. The molecule has 39 heavy (non-hydrogen) atoms. The molecular weight excluding hydrogens is 500 g/mol. The van der Waals surface area contributed by atoms with Crippen molar-refractivity contribution >= 4 is 11.6 Å². The fourth-order valence-corrected chi connectivity index (χ4v) is 5.14. The molecule has 5 rings (SSSR count). The Kier molecular flexibility index (Phi) is 6.45. The number of carbonyl (C=O) groups is 1. The minimum absolute atomic E-state index is 0.0271. The lowest BCUT2D eigenvalue weighted by Crippen LogP contribution is -2.39. The highest BCUT2D eigenvalue weighted by Crippen LogP contribution is 2.61. The molecule has 1 aromatic heterocycles. The summed E-state index contributed by atoms with van der Waals surface area (Å²) in [4.78, 5) is 16.3. The Balaban J connectivity index is 1.48. The summed E-state index contributed by atoms with van der Waals surface area (Å²) in [5, 5.41) is 13.7. The zero-order chi connectivity index (χ0) is 28.1. The Labute approximate surface area is 226 Å². The largest absolute Gasteiger partial charge is 0.496 e. The van der Waals surface area contributed by atoms with E-state index in [1.807, 2.05) is 44.2 Å². The molecule has 3 aromatic carbocycles. The first-order valence-electron chi connectivity index (χ1n) is 12.9. The smallest absolute Gasteiger partial charge is 0.327 e. The van der Waals surface area contributed by atoms with E-state index in [1.54, 1.807) is 33.1 Å². The maximum atomic E-state index is 15.0. The monoisotopic (exact) mass is 532 g/mol. The molecule has 1 saturated carbocycles. The molecule has 0 radical (unpaired) electrons. The van der Waals surface area contributed by atoms with Gasteiger partial charge in [0.2, 0.25) is 0 Å². The fourth-order valence-electron chi connectivity index (χ4n) is 5.14. The van der Waals surface area contributed by atoms with Crippen molar-refractivity contribution in [2.24, 2.45) is 5.41 Å². The number of alkyl halides is 2. The third-order valence-electron chi connectivity index (χ3n) is 7.76. The van der Waals surface area contributed by atoms with Crippen LogP contribution in [0.2, 0.25) is 0 Å². The first-order chi connectivity index (χ1) is 18.5. The molecule has 0 aliphatic heterocycles. The summed E-state index contributed by atoms with van der Waals surface area (Å²) in [6, 6.07) is 17.3. The average molecular weight is 533 g/mol. The number of ether oxygens (including phenoxy) is 1. The Morgan fingerprint density at radius 1 is 1.05 bits per heavy atom. The normalized spacial score (nSPS) is 14.2. The van der Waals surface area contributed by atoms with Gasteiger partial charge in [0.1, 0.15) is 5.75 Å². The average Bonchev–Trinajstić information content (AvgIpc) is 3.59. The van der Waals surface area contributed by atoms with Crippen molar-refractivity contribution < 1.29 is 28.2 Å². The topological polar surface area (TPSA) is 78.2 Å². The van der Waals surface area contributed by atoms with Crippen molar-refractivity contribution in [2.45, 2.75) is 46.5 Å². The van der Waals surface area contributed by atoms with E-state index in [-0.39, 0.29) is 16.9 Å². The summed E-state index contributed by atoms with van der Waals surface area (Å²) in [6.07, 6.45) is 0.922. The summed E-state index contributed by atoms with van der Waals surface area (Å²) in [5.41, 5.74) is 4.10. The van der Waals surface area contributed by atoms with Gasteiger partial charge in [-0.3, -0.25) is 4.79 Å². The van der Waals surface area contributed by atoms with Gasteiger partial charge >= 0.3 is 11.7 Å². The number of hydrogen-bond donors (Lipinski definition) is 3. The lowest BCUT2D eigenvalue weighted by atomic mass is 9.93. The molecular formula is C31H32F2N3O3+. The third kappa shape index (κ3) is 4.54. The Morgan fingerprint density at radius 3 is 2.36 bits per heavy atom. The number of aromatic nitrogens is 2. The molecule has 4 aromatic rings. The number of nitrogens with one attached hydrogen (secondary N) is 2. The zero-order valence-electron chi connectivity index (χ0n) is 22.7. The number of aryl methyl sites for hydroxylation is 3. The molecule has 0 spiro atoms. The molecule has 8 heteroatoms. The summed E-state index contributed by atoms with van der Waals surface area (Å²) in [7, 11) is 1.61. The number of amides is 1. The van der Waals surface area contributed by atoms with Crippen LogP contribution in [0.3, 0.4) is 0 Å². The molecule has 3 N–H and O–H groups in total. The molecule has 1 aliphatic carbocycles. The first-order valence-corrected chi connectivity index (χ1v) is 12.9. The maximum absolute atomic E-state index is 15.0. The van der Waals surface area contributed by atoms with Crippen molar-refractivity contribution in [3.8, 4) is 28.3 Å². The standard InChI is InChI=1S/C31H31F2N3O3/c1-18-8-6-9-19(2)26(18)24-16-21(12-13-25(24)39-5)28-34-20(3)27(36(28)38)29(37)35-23-11-7-10-22(17-23)31(32,33)30(4)14-15-30/h6-13,16-17,38H,14-15H2,1-5H3,(H,35,37)/p+1. The van der Waals surface area contributed by atoms with E-state index in [0.717, 1.165) is 27.0 Å². The fraction of sp³-hybridized carbons (Fsp3) is 0.290. The molecule has 1 heterocycles. The van der Waals surface area contributed by atoms with E-state index in [9.17, 15) is 18.8 Å². The first kappa shape index (κ1) is 26.4. The van der Waals surface area contributed by atoms with E-state index >= 15 is 0 Å². The van der Waals surface area contributed by atoms with Crippen LogP contribution in [-0.2, 0) is 5.92 Å². The van der Waals surface area contributed by atoms with E-state index in [4.69, 9.17) is 4.74 Å². The van der Waals surface area contributed by atoms with E-state index in [1.165, 1.54) is 18.2 Å². The van der Waals surface area contributed by atoms with Crippen LogP contribution in [0, 0.1) is 26.2 Å². The maximum Gasteiger partial charge on any atom is 0.327 e. The number of hydrogen-bond acceptors (Lipinski definition) is 3. The summed E-state index contributed by atoms with van der Waals surface area (Å²) >= 11 is 0. The number of rotatable bonds is 7. The van der Waals surface area contributed by atoms with Gasteiger partial charge in [-0.05, 0) is 78.4 Å². The van der Waals surface area contributed by atoms with Gasteiger partial charge in [-0.15, -0.1) is 0 Å². The van der Waals surface area contributed by atoms with Gasteiger partial charge in [0, 0.05) is 29.2 Å². The molecule has 1 fully saturated rings. The summed E-state index contributed by atoms with van der Waals surface area (Å²) < 4.78 is 36.4. The van der Waals surface area contributed by atoms with Crippen LogP contribution in [0.1, 0.15) is 52.6 Å². The number of carbonyl (C=O) groups excluding carboxylic acids is 1. The van der Waals surface area contributed by atoms with Gasteiger partial charge < -0.3 is 15.3 Å². The number of anilines is 1. The molecule has 0 unspecified atom stereocenters. The van der Waals surface area contributed by atoms with Crippen LogP contribution in [-0.4, -0.2) is 23.2 Å². The molecule has 0 saturated heterocycles. The molecule has 1 amide bonds. The van der Waals surface area contributed by atoms with Crippen LogP contribution in [0.4, 0.5) is 14.5 Å². The number of H-pyrrole nitrogens is 1. The number of nitrogens with zero attached hydrogens (tertiary/aromatic N) is 1. The van der Waals surface area contributed by atoms with Crippen LogP contribution in [0.25, 0.3) is 22.5 Å². The second-order valence-electron chi connectivity index (χ2n) is 10.6. The minimum Gasteiger partial charge on any atom is -0.496 e. The highest BCUT2D eigenvalue weighted by Gasteiger charge is 2.59. The van der Waals surface area contributed by atoms with Gasteiger partial charge in [0.15, 0.2) is 5.69 Å². The highest BCUT2D eigenvalue weighted by atomic mass is 19.3. The van der Waals surface area contributed by atoms with E-state index in [2.05, 4.69) is 10.3 Å². The van der Waals surface area contributed by atoms with Crippen molar-refractivity contribution in [3.05, 3.63) is 88.7 Å². The second-order valence-corrected chi connectivity index (χ2v) is 10.6. The second kappa shape index (κ2) is 9.52. The van der Waals surface area contributed by atoms with Gasteiger partial charge in [-0.25, -0.2) is 13.8 Å². The van der Waals surface area contributed by atoms with Crippen molar-refractivity contribution in [1.82, 2.24) is 4.98 Å². The molecule has 1 aliphatic rings. The van der Waals surface area contributed by atoms with Gasteiger partial charge in [0.05, 0.1) is 12.7 Å². The predicted molar refractivity (Wildman–Crippen MR) is 145 cm³/mol. The molecule has 0 bridgehead atoms. The predicted octanol–water partition coefficient (Wildman–Crippen LogP) is 6.95. The third-order valence-corrected chi connectivity index (χ3v) is 7.76. The summed E-state index contributed by atoms with van der Waals surface area (Å²) in [6.45, 7) is 7.29. The lowest BCUT2D eigenvalue weighted by molar-refractivity contribution is -0.896. The quantitative estimate of drug-likeness (QED) is 0.178. The van der Waals surface area contributed by atoms with Gasteiger partial charge in [-0.1, -0.05) is 37.3 Å². The van der Waals surface area contributed by atoms with Gasteiger partial charge in [0.25, 0.3) is 11.6 Å². The Hall–Kier alpha value is -4.20. The number of imidazole rings is 1. The highest BCUT2D eigenvalue weighted by molar-refractivity contribution is 6.02. The lowest BCUT2D eigenvalue weighted by Gasteiger charge is -2.24. The van der Waals surface area contributed by atoms with Crippen LogP contribution in [0.15, 0.2) is 60.7 Å². The number of aromatic amines is 1. The van der Waals surface area contributed by atoms with E-state index < -0.39 is 17.2 Å². The number of benzene rings is 3. The number of halogens is 2. The number of methoxy groups -OCH3 is 1. The molecule has 0 atom stereocenters. The van der Waals surface area contributed by atoms with Crippen molar-refractivity contribution in [2.75, 3.05) is 12.4 Å². The van der Waals surface area contributed by atoms with Crippen LogP contribution in [0.5, 0.6) is 5.75 Å². The zero-order valence-corrected chi connectivity index (χ0v) is 22.7. The van der Waals surface area contributed by atoms with Crippen LogP contribution < -0.4 is 14.8 Å². The summed E-state index contributed by atoms with van der Waals surface area (Å²) in [5.74, 6) is -2.64. The van der Waals surface area contributed by atoms with Gasteiger partial charge in [-0.2, -0.15) is 0 Å². The minimum atomic E-state index is -3.00. The van der Waals surface area contributed by atoms with Crippen molar-refractivity contribution in [1.29, 1.82) is 0 Å². The van der Waals surface area contributed by atoms with E-state index in [0.29, 0.717) is 35.7 Å². The Morgan fingerprint density at radius 2 is 1.72 bits per heavy atom. The van der Waals surface area contributed by atoms with Crippen molar-refractivity contribution in [3.63, 3.8) is 0 Å². The Bertz CT molecular complexity index is 1570. The molecule has 6 nitrogen and oxygen atoms in total.